The Morgan fingerprint density at radius 1 is 1.20 bits per heavy atom. The number of aromatic nitrogens is 2. The topological polar surface area (TPSA) is 114 Å². The molecule has 3 rings (SSSR count). The van der Waals surface area contributed by atoms with Gasteiger partial charge in [0.2, 0.25) is 0 Å². The summed E-state index contributed by atoms with van der Waals surface area (Å²) in [6.45, 7) is 3.17. The van der Waals surface area contributed by atoms with Crippen LogP contribution in [0.25, 0.3) is 0 Å². The molecule has 0 fully saturated rings. The van der Waals surface area contributed by atoms with Crippen molar-refractivity contribution in [2.45, 2.75) is 24.9 Å². The number of hydrogen-bond acceptors (Lipinski definition) is 7. The molecule has 13 heteroatoms. The number of hydrogen-bond donors (Lipinski definition) is 2. The summed E-state index contributed by atoms with van der Waals surface area (Å²) in [5, 5.41) is 9.26. The van der Waals surface area contributed by atoms with E-state index in [2.05, 4.69) is 15.5 Å². The Bertz CT molecular complexity index is 1380. The van der Waals surface area contributed by atoms with Gasteiger partial charge in [-0.3, -0.25) is 4.79 Å². The van der Waals surface area contributed by atoms with E-state index in [0.717, 1.165) is 6.92 Å². The zero-order valence-corrected chi connectivity index (χ0v) is 20.3. The van der Waals surface area contributed by atoms with Crippen LogP contribution in [0, 0.1) is 11.7 Å². The van der Waals surface area contributed by atoms with Crippen LogP contribution < -0.4 is 14.8 Å². The predicted molar refractivity (Wildman–Crippen MR) is 124 cm³/mol. The summed E-state index contributed by atoms with van der Waals surface area (Å²) in [5.41, 5.74) is -2.30. The number of ether oxygens (including phenoxy) is 2. The smallest absolute Gasteiger partial charge is 0.435 e. The number of rotatable bonds is 7. The summed E-state index contributed by atoms with van der Waals surface area (Å²) in [4.78, 5) is 13.3. The highest BCUT2D eigenvalue weighted by Gasteiger charge is 2.38. The molecule has 0 aliphatic heterocycles. The molecule has 8 nitrogen and oxygen atoms in total. The van der Waals surface area contributed by atoms with Crippen LogP contribution >= 0.6 is 11.6 Å². The minimum absolute atomic E-state index is 0.0120. The molecule has 0 bridgehead atoms. The van der Waals surface area contributed by atoms with E-state index < -0.39 is 44.5 Å². The van der Waals surface area contributed by atoms with Gasteiger partial charge in [0, 0.05) is 22.9 Å². The highest BCUT2D eigenvalue weighted by Crippen LogP contribution is 2.37. The Balaban J connectivity index is 2.08. The maximum absolute atomic E-state index is 13.5. The van der Waals surface area contributed by atoms with E-state index >= 15 is 0 Å². The van der Waals surface area contributed by atoms with Gasteiger partial charge in [0.05, 0.1) is 21.4 Å². The highest BCUT2D eigenvalue weighted by atomic mass is 35.5. The van der Waals surface area contributed by atoms with Gasteiger partial charge >= 0.3 is 6.18 Å². The number of nitrogens with one attached hydrogen (secondary N) is 2. The summed E-state index contributed by atoms with van der Waals surface area (Å²) >= 11 is 6.16. The Hall–Kier alpha value is -3.38. The van der Waals surface area contributed by atoms with Gasteiger partial charge in [0.1, 0.15) is 11.3 Å². The van der Waals surface area contributed by atoms with Crippen molar-refractivity contribution in [2.24, 2.45) is 0 Å². The van der Waals surface area contributed by atoms with Crippen molar-refractivity contribution in [3.8, 4) is 17.4 Å². The van der Waals surface area contributed by atoms with Crippen molar-refractivity contribution >= 4 is 32.9 Å². The second-order valence-electron chi connectivity index (χ2n) is 7.30. The summed E-state index contributed by atoms with van der Waals surface area (Å²) in [6.07, 6.45) is -3.68. The van der Waals surface area contributed by atoms with Gasteiger partial charge in [-0.2, -0.15) is 13.2 Å². The van der Waals surface area contributed by atoms with E-state index in [-0.39, 0.29) is 21.4 Å². The normalized spacial score (nSPS) is 13.1. The number of alkyl halides is 3. The molecule has 2 N–H and O–H groups in total. The fraction of sp³-hybridized carbons (Fsp3) is 0.227. The summed E-state index contributed by atoms with van der Waals surface area (Å²) in [7, 11) is -3.10. The van der Waals surface area contributed by atoms with Gasteiger partial charge in [-0.1, -0.05) is 17.7 Å². The van der Waals surface area contributed by atoms with E-state index in [4.69, 9.17) is 25.9 Å². The van der Waals surface area contributed by atoms with E-state index in [1.165, 1.54) is 42.7 Å². The molecule has 0 saturated carbocycles. The Morgan fingerprint density at radius 3 is 2.54 bits per heavy atom. The van der Waals surface area contributed by atoms with E-state index in [9.17, 15) is 22.2 Å². The molecular weight excluding hydrogens is 509 g/mol. The van der Waals surface area contributed by atoms with Gasteiger partial charge in [-0.05, 0) is 49.7 Å². The van der Waals surface area contributed by atoms with Crippen molar-refractivity contribution in [3.63, 3.8) is 0 Å². The Morgan fingerprint density at radius 2 is 1.91 bits per heavy atom. The molecule has 0 saturated heterocycles. The van der Waals surface area contributed by atoms with Gasteiger partial charge in [0.15, 0.2) is 11.4 Å². The zero-order valence-electron chi connectivity index (χ0n) is 18.7. The molecule has 2 aromatic carbocycles. The van der Waals surface area contributed by atoms with E-state index in [1.807, 2.05) is 0 Å². The maximum Gasteiger partial charge on any atom is 0.435 e. The number of halogens is 4. The lowest BCUT2D eigenvalue weighted by molar-refractivity contribution is -0.142. The monoisotopic (exact) mass is 528 g/mol. The summed E-state index contributed by atoms with van der Waals surface area (Å²) < 4.78 is 71.2. The molecule has 3 aromatic rings. The third-order valence-corrected chi connectivity index (χ3v) is 6.11. The minimum Gasteiger partial charge on any atom is -0.494 e. The van der Waals surface area contributed by atoms with Gasteiger partial charge in [-0.25, -0.2) is 8.99 Å². The zero-order chi connectivity index (χ0) is 26.0. The quantitative estimate of drug-likeness (QED) is 0.392. The maximum atomic E-state index is 13.5. The number of anilines is 1. The fourth-order valence-corrected chi connectivity index (χ4v) is 3.89. The average molecular weight is 529 g/mol. The largest absolute Gasteiger partial charge is 0.494 e. The van der Waals surface area contributed by atoms with Crippen LogP contribution in [-0.4, -0.2) is 33.2 Å². The number of nitrogens with zero attached hydrogens (tertiary/aromatic N) is 2. The lowest BCUT2D eigenvalue weighted by Gasteiger charge is -2.17. The van der Waals surface area contributed by atoms with E-state index in [0.29, 0.717) is 12.4 Å². The first kappa shape index (κ1) is 26.2. The minimum atomic E-state index is -4.88. The third kappa shape index (κ3) is 6.20. The second kappa shape index (κ2) is 10.1. The molecule has 0 aliphatic carbocycles. The van der Waals surface area contributed by atoms with Crippen molar-refractivity contribution in [1.29, 1.82) is 4.78 Å². The van der Waals surface area contributed by atoms with Crippen molar-refractivity contribution < 1.29 is 31.6 Å². The first-order valence-electron chi connectivity index (χ1n) is 10.0. The molecule has 1 aromatic heterocycles. The van der Waals surface area contributed by atoms with Gasteiger partial charge in [0.25, 0.3) is 11.8 Å². The average Bonchev–Trinajstić information content (AvgIpc) is 2.75. The lowest BCUT2D eigenvalue weighted by atomic mass is 10.1. The summed E-state index contributed by atoms with van der Waals surface area (Å²) in [6, 6.07) is 10.1. The molecule has 1 amide bonds. The molecule has 0 spiro atoms. The molecule has 186 valence electrons. The van der Waals surface area contributed by atoms with Crippen molar-refractivity contribution in [3.05, 3.63) is 64.3 Å². The van der Waals surface area contributed by atoms with Crippen LogP contribution in [0.1, 0.15) is 28.5 Å². The standard InChI is InChI=1S/C22H20ClF3N4O4S/c1-4-33-14-8-9-16(23)17(11-14)34-21-18(12(2)19(29-30-21)22(24,25)26)20(31)28-13-6-5-7-15(10-13)35(3,27)32/h5-11,27H,4H2,1-3H3,(H,28,31). The molecule has 0 aliphatic rings. The number of amides is 1. The van der Waals surface area contributed by atoms with Crippen LogP contribution in [0.4, 0.5) is 18.9 Å². The molecule has 1 atom stereocenters. The van der Waals surface area contributed by atoms with Crippen LogP contribution in [0.2, 0.25) is 5.02 Å². The first-order chi connectivity index (χ1) is 16.3. The van der Waals surface area contributed by atoms with Gasteiger partial charge in [-0.15, -0.1) is 10.2 Å². The molecule has 0 radical (unpaired) electrons. The third-order valence-electron chi connectivity index (χ3n) is 4.64. The predicted octanol–water partition coefficient (Wildman–Crippen LogP) is 5.94. The number of carbonyl (C=O) groups is 1. The van der Waals surface area contributed by atoms with Crippen molar-refractivity contribution in [2.75, 3.05) is 18.2 Å². The Labute approximate surface area is 204 Å². The molecule has 35 heavy (non-hydrogen) atoms. The molecule has 1 heterocycles. The van der Waals surface area contributed by atoms with Crippen LogP contribution in [-0.2, 0) is 15.9 Å². The van der Waals surface area contributed by atoms with Crippen molar-refractivity contribution in [1.82, 2.24) is 10.2 Å². The van der Waals surface area contributed by atoms with Crippen LogP contribution in [0.15, 0.2) is 47.4 Å². The van der Waals surface area contributed by atoms with Crippen LogP contribution in [0.5, 0.6) is 17.4 Å². The molecular formula is C22H20ClF3N4O4S. The summed E-state index contributed by atoms with van der Waals surface area (Å²) in [5.74, 6) is -1.13. The molecule has 1 unspecified atom stereocenters. The first-order valence-corrected chi connectivity index (χ1v) is 12.4. The number of benzene rings is 2. The van der Waals surface area contributed by atoms with Crippen LogP contribution in [0.3, 0.4) is 0 Å². The van der Waals surface area contributed by atoms with E-state index in [1.54, 1.807) is 13.0 Å². The SMILES string of the molecule is CCOc1ccc(Cl)c(Oc2nnc(C(F)(F)F)c(C)c2C(=O)Nc2cccc(S(C)(=N)=O)c2)c1. The fourth-order valence-electron chi connectivity index (χ4n) is 3.04. The second-order valence-corrected chi connectivity index (χ2v) is 9.87. The van der Waals surface area contributed by atoms with Gasteiger partial charge < -0.3 is 14.8 Å². The Kier molecular flexibility index (Phi) is 7.56. The number of carbonyl (C=O) groups excluding carboxylic acids is 1. The lowest BCUT2D eigenvalue weighted by Crippen LogP contribution is -2.21. The highest BCUT2D eigenvalue weighted by molar-refractivity contribution is 7.91.